The number of guanidine groups is 1. The Kier molecular flexibility index (Phi) is 10.2. The average Bonchev–Trinajstić information content (AvgIpc) is 3.35. The van der Waals surface area contributed by atoms with Gasteiger partial charge in [0.05, 0.1) is 18.9 Å². The normalized spacial score (nSPS) is 14.7. The zero-order valence-electron chi connectivity index (χ0n) is 19.0. The Bertz CT molecular complexity index is 956. The third-order valence-corrected chi connectivity index (χ3v) is 5.61. The molecule has 1 saturated heterocycles. The number of benzene rings is 2. The summed E-state index contributed by atoms with van der Waals surface area (Å²) in [5.41, 5.74) is 4.58. The smallest absolute Gasteiger partial charge is 0.194 e. The summed E-state index contributed by atoms with van der Waals surface area (Å²) in [6.45, 7) is 6.66. The summed E-state index contributed by atoms with van der Waals surface area (Å²) < 4.78 is 10.8. The van der Waals surface area contributed by atoms with Crippen LogP contribution in [0, 0.1) is 0 Å². The van der Waals surface area contributed by atoms with Crippen LogP contribution in [0.15, 0.2) is 76.4 Å². The van der Waals surface area contributed by atoms with Crippen molar-refractivity contribution in [3.63, 3.8) is 0 Å². The van der Waals surface area contributed by atoms with Crippen LogP contribution in [0.1, 0.15) is 22.4 Å². The summed E-state index contributed by atoms with van der Waals surface area (Å²) in [6, 6.07) is 20.7. The van der Waals surface area contributed by atoms with Crippen molar-refractivity contribution in [1.82, 2.24) is 20.3 Å². The number of piperazine rings is 1. The largest absolute Gasteiger partial charge is 0.372 e. The van der Waals surface area contributed by atoms with Crippen molar-refractivity contribution >= 4 is 29.9 Å². The number of halogens is 1. The quantitative estimate of drug-likeness (QED) is 0.256. The van der Waals surface area contributed by atoms with Gasteiger partial charge in [0.15, 0.2) is 5.96 Å². The number of aliphatic imine (C=N–C) groups is 1. The van der Waals surface area contributed by atoms with E-state index in [-0.39, 0.29) is 24.0 Å². The minimum absolute atomic E-state index is 0. The number of nitrogens with zero attached hydrogens (tertiary/aromatic N) is 4. The lowest BCUT2D eigenvalue weighted by Crippen LogP contribution is -2.52. The molecule has 8 heteroatoms. The number of hydrogen-bond acceptors (Lipinski definition) is 5. The minimum Gasteiger partial charge on any atom is -0.372 e. The highest BCUT2D eigenvalue weighted by atomic mass is 127. The van der Waals surface area contributed by atoms with Gasteiger partial charge in [0.2, 0.25) is 0 Å². The highest BCUT2D eigenvalue weighted by molar-refractivity contribution is 14.0. The van der Waals surface area contributed by atoms with Crippen LogP contribution < -0.4 is 5.32 Å². The fraction of sp³-hybridized carbons (Fsp3) is 0.360. The predicted octanol–water partition coefficient (Wildman–Crippen LogP) is 3.90. The number of rotatable bonds is 8. The summed E-state index contributed by atoms with van der Waals surface area (Å²) >= 11 is 0. The van der Waals surface area contributed by atoms with Crippen molar-refractivity contribution in [3.8, 4) is 0 Å². The lowest BCUT2D eigenvalue weighted by molar-refractivity contribution is 0.107. The minimum atomic E-state index is 0. The third-order valence-electron chi connectivity index (χ3n) is 5.61. The Morgan fingerprint density at radius 1 is 0.939 bits per heavy atom. The van der Waals surface area contributed by atoms with Crippen molar-refractivity contribution in [1.29, 1.82) is 0 Å². The lowest BCUT2D eigenvalue weighted by atomic mass is 10.1. The molecule has 4 rings (SSSR count). The molecule has 0 spiro atoms. The van der Waals surface area contributed by atoms with Crippen LogP contribution in [0.4, 0.5) is 0 Å². The molecule has 0 aliphatic carbocycles. The van der Waals surface area contributed by atoms with E-state index >= 15 is 0 Å². The Balaban J connectivity index is 0.00000306. The second kappa shape index (κ2) is 13.3. The highest BCUT2D eigenvalue weighted by Gasteiger charge is 2.20. The molecular formula is C25H32IN5O2. The van der Waals surface area contributed by atoms with Gasteiger partial charge in [-0.3, -0.25) is 9.89 Å². The van der Waals surface area contributed by atoms with Crippen molar-refractivity contribution in [2.75, 3.05) is 33.2 Å². The van der Waals surface area contributed by atoms with Crippen molar-refractivity contribution < 1.29 is 9.26 Å². The lowest BCUT2D eigenvalue weighted by Gasteiger charge is -2.36. The molecule has 1 fully saturated rings. The number of aromatic nitrogens is 1. The SMILES string of the molecule is CN=C(NCc1ccc(COCc2ccccc2)cc1)N1CCN(Cc2ccon2)CC1.I. The number of ether oxygens (including phenoxy) is 1. The molecule has 2 aromatic carbocycles. The maximum absolute atomic E-state index is 5.83. The Hall–Kier alpha value is -2.43. The molecule has 3 aromatic rings. The van der Waals surface area contributed by atoms with Gasteiger partial charge in [-0.05, 0) is 16.7 Å². The number of hydrogen-bond donors (Lipinski definition) is 1. The van der Waals surface area contributed by atoms with E-state index in [0.717, 1.165) is 50.9 Å². The van der Waals surface area contributed by atoms with Gasteiger partial charge in [-0.1, -0.05) is 59.8 Å². The van der Waals surface area contributed by atoms with Gasteiger partial charge >= 0.3 is 0 Å². The second-order valence-electron chi connectivity index (χ2n) is 7.95. The molecule has 176 valence electrons. The van der Waals surface area contributed by atoms with Gasteiger partial charge in [0.1, 0.15) is 6.26 Å². The highest BCUT2D eigenvalue weighted by Crippen LogP contribution is 2.10. The van der Waals surface area contributed by atoms with Crippen LogP contribution >= 0.6 is 24.0 Å². The first-order chi connectivity index (χ1) is 15.8. The molecule has 1 aliphatic heterocycles. The molecule has 0 radical (unpaired) electrons. The van der Waals surface area contributed by atoms with Crippen molar-refractivity contribution in [2.45, 2.75) is 26.3 Å². The molecule has 1 aliphatic rings. The van der Waals surface area contributed by atoms with Gasteiger partial charge in [-0.2, -0.15) is 0 Å². The molecule has 0 saturated carbocycles. The maximum Gasteiger partial charge on any atom is 0.194 e. The fourth-order valence-electron chi connectivity index (χ4n) is 3.79. The molecule has 1 N–H and O–H groups in total. The number of nitrogens with one attached hydrogen (secondary N) is 1. The van der Waals surface area contributed by atoms with Gasteiger partial charge in [0, 0.05) is 52.4 Å². The zero-order valence-corrected chi connectivity index (χ0v) is 21.4. The molecule has 2 heterocycles. The van der Waals surface area contributed by atoms with Crippen LogP contribution in [0.5, 0.6) is 0 Å². The monoisotopic (exact) mass is 561 g/mol. The van der Waals surface area contributed by atoms with E-state index in [2.05, 4.69) is 61.7 Å². The van der Waals surface area contributed by atoms with E-state index in [0.29, 0.717) is 13.2 Å². The van der Waals surface area contributed by atoms with Crippen LogP contribution in [0.2, 0.25) is 0 Å². The van der Waals surface area contributed by atoms with Crippen LogP contribution in [0.3, 0.4) is 0 Å². The molecule has 1 aromatic heterocycles. The average molecular weight is 561 g/mol. The van der Waals surface area contributed by atoms with Crippen molar-refractivity contribution in [3.05, 3.63) is 89.3 Å². The predicted molar refractivity (Wildman–Crippen MR) is 140 cm³/mol. The molecule has 0 amide bonds. The molecule has 0 bridgehead atoms. The summed E-state index contributed by atoms with van der Waals surface area (Å²) in [5.74, 6) is 0.946. The first-order valence-electron chi connectivity index (χ1n) is 11.1. The Morgan fingerprint density at radius 2 is 1.61 bits per heavy atom. The van der Waals surface area contributed by atoms with Gasteiger partial charge in [0.25, 0.3) is 0 Å². The summed E-state index contributed by atoms with van der Waals surface area (Å²) in [4.78, 5) is 9.18. The van der Waals surface area contributed by atoms with E-state index in [9.17, 15) is 0 Å². The van der Waals surface area contributed by atoms with Crippen LogP contribution in [-0.2, 0) is 31.0 Å². The van der Waals surface area contributed by atoms with Gasteiger partial charge in [-0.15, -0.1) is 24.0 Å². The fourth-order valence-corrected chi connectivity index (χ4v) is 3.79. The molecular weight excluding hydrogens is 529 g/mol. The maximum atomic E-state index is 5.83. The third kappa shape index (κ3) is 7.83. The van der Waals surface area contributed by atoms with E-state index in [1.54, 1.807) is 6.26 Å². The first-order valence-corrected chi connectivity index (χ1v) is 11.1. The summed E-state index contributed by atoms with van der Waals surface area (Å²) in [5, 5.41) is 7.50. The molecule has 0 atom stereocenters. The van der Waals surface area contributed by atoms with Gasteiger partial charge in [-0.25, -0.2) is 0 Å². The van der Waals surface area contributed by atoms with E-state index < -0.39 is 0 Å². The first kappa shape index (κ1) is 25.2. The molecule has 7 nitrogen and oxygen atoms in total. The Morgan fingerprint density at radius 3 is 2.24 bits per heavy atom. The molecule has 0 unspecified atom stereocenters. The topological polar surface area (TPSA) is 66.1 Å². The van der Waals surface area contributed by atoms with E-state index in [1.807, 2.05) is 31.3 Å². The standard InChI is InChI=1S/C25H31N5O2.HI/c1-26-25(30-14-12-29(13-15-30)18-24-11-16-32-28-24)27-17-21-7-9-23(10-8-21)20-31-19-22-5-3-2-4-6-22;/h2-11,16H,12-15,17-20H2,1H3,(H,26,27);1H. The summed E-state index contributed by atoms with van der Waals surface area (Å²) in [7, 11) is 1.84. The zero-order chi connectivity index (χ0) is 22.0. The van der Waals surface area contributed by atoms with E-state index in [1.165, 1.54) is 16.7 Å². The summed E-state index contributed by atoms with van der Waals surface area (Å²) in [6.07, 6.45) is 1.63. The second-order valence-corrected chi connectivity index (χ2v) is 7.95. The van der Waals surface area contributed by atoms with Crippen LogP contribution in [-0.4, -0.2) is 54.1 Å². The Labute approximate surface area is 212 Å². The van der Waals surface area contributed by atoms with Gasteiger partial charge < -0.3 is 19.5 Å². The van der Waals surface area contributed by atoms with Crippen molar-refractivity contribution in [2.24, 2.45) is 4.99 Å². The van der Waals surface area contributed by atoms with Crippen LogP contribution in [0.25, 0.3) is 0 Å². The molecule has 33 heavy (non-hydrogen) atoms. The van der Waals surface area contributed by atoms with E-state index in [4.69, 9.17) is 9.26 Å².